The van der Waals surface area contributed by atoms with Crippen LogP contribution in [0.2, 0.25) is 0 Å². The summed E-state index contributed by atoms with van der Waals surface area (Å²) in [5.41, 5.74) is 3.18. The molecule has 0 aliphatic heterocycles. The third-order valence-corrected chi connectivity index (χ3v) is 6.29. The van der Waals surface area contributed by atoms with Gasteiger partial charge in [-0.1, -0.05) is 91.5 Å². The van der Waals surface area contributed by atoms with Crippen LogP contribution in [-0.4, -0.2) is 27.0 Å². The van der Waals surface area contributed by atoms with E-state index in [2.05, 4.69) is 24.0 Å². The third kappa shape index (κ3) is 5.04. The minimum absolute atomic E-state index is 0.150. The number of benzene rings is 2. The van der Waals surface area contributed by atoms with Crippen molar-refractivity contribution in [1.82, 2.24) is 15.0 Å². The van der Waals surface area contributed by atoms with E-state index in [0.717, 1.165) is 43.2 Å². The highest BCUT2D eigenvalue weighted by Crippen LogP contribution is 2.30. The van der Waals surface area contributed by atoms with E-state index < -0.39 is 0 Å². The van der Waals surface area contributed by atoms with Crippen molar-refractivity contribution < 1.29 is 9.32 Å². The fourth-order valence-electron chi connectivity index (χ4n) is 4.50. The summed E-state index contributed by atoms with van der Waals surface area (Å²) in [5.74, 6) is 1.08. The van der Waals surface area contributed by atoms with E-state index in [1.165, 1.54) is 12.0 Å². The molecule has 4 rings (SSSR count). The van der Waals surface area contributed by atoms with Gasteiger partial charge in [-0.25, -0.2) is 0 Å². The second kappa shape index (κ2) is 9.90. The van der Waals surface area contributed by atoms with E-state index in [9.17, 15) is 4.79 Å². The van der Waals surface area contributed by atoms with Gasteiger partial charge in [-0.2, -0.15) is 4.98 Å². The molecule has 1 aliphatic carbocycles. The smallest absolute Gasteiger partial charge is 0.246 e. The molecule has 31 heavy (non-hydrogen) atoms. The van der Waals surface area contributed by atoms with Crippen molar-refractivity contribution in [2.75, 3.05) is 0 Å². The van der Waals surface area contributed by atoms with E-state index in [1.54, 1.807) is 0 Å². The van der Waals surface area contributed by atoms with Gasteiger partial charge in [0.05, 0.1) is 5.92 Å². The van der Waals surface area contributed by atoms with Crippen LogP contribution in [0.5, 0.6) is 0 Å². The van der Waals surface area contributed by atoms with Gasteiger partial charge in [-0.05, 0) is 31.7 Å². The molecular formula is C26H31N3O2. The van der Waals surface area contributed by atoms with Crippen LogP contribution in [0.25, 0.3) is 11.4 Å². The van der Waals surface area contributed by atoms with Gasteiger partial charge >= 0.3 is 0 Å². The zero-order valence-electron chi connectivity index (χ0n) is 18.5. The van der Waals surface area contributed by atoms with Gasteiger partial charge in [-0.15, -0.1) is 0 Å². The zero-order valence-corrected chi connectivity index (χ0v) is 18.5. The van der Waals surface area contributed by atoms with Crippen LogP contribution in [0.1, 0.15) is 68.4 Å². The van der Waals surface area contributed by atoms with E-state index in [1.807, 2.05) is 59.5 Å². The van der Waals surface area contributed by atoms with Crippen molar-refractivity contribution in [3.05, 3.63) is 71.6 Å². The number of aromatic nitrogens is 2. The third-order valence-electron chi connectivity index (χ3n) is 6.29. The van der Waals surface area contributed by atoms with Crippen LogP contribution in [0, 0.1) is 6.92 Å². The molecule has 1 saturated carbocycles. The number of amides is 1. The largest absolute Gasteiger partial charge is 0.337 e. The zero-order chi connectivity index (χ0) is 21.6. The summed E-state index contributed by atoms with van der Waals surface area (Å²) in [7, 11) is 0. The normalized spacial score (nSPS) is 15.5. The number of hydrogen-bond acceptors (Lipinski definition) is 4. The van der Waals surface area contributed by atoms with Crippen molar-refractivity contribution in [2.24, 2.45) is 0 Å². The van der Waals surface area contributed by atoms with Crippen molar-refractivity contribution in [1.29, 1.82) is 0 Å². The van der Waals surface area contributed by atoms with Crippen molar-refractivity contribution >= 4 is 5.91 Å². The maximum absolute atomic E-state index is 13.7. The lowest BCUT2D eigenvalue weighted by molar-refractivity contribution is -0.137. The summed E-state index contributed by atoms with van der Waals surface area (Å²) in [6, 6.07) is 18.4. The molecule has 1 fully saturated rings. The number of hydrogen-bond donors (Lipinski definition) is 0. The maximum atomic E-state index is 13.7. The van der Waals surface area contributed by atoms with Gasteiger partial charge in [0.2, 0.25) is 17.6 Å². The molecule has 0 N–H and O–H groups in total. The summed E-state index contributed by atoms with van der Waals surface area (Å²) in [5, 5.41) is 4.17. The standard InChI is InChI=1S/C26H31N3O2/c1-3-23(20-10-6-4-7-11-20)26(30)29(22-12-8-5-9-13-22)18-24-27-25(28-31-24)21-16-14-19(2)15-17-21/h4,6-7,10-11,14-17,22-23H,3,5,8-9,12-13,18H2,1-2H3/t23-/m0/s1. The van der Waals surface area contributed by atoms with Crippen LogP contribution in [-0.2, 0) is 11.3 Å². The van der Waals surface area contributed by atoms with E-state index in [0.29, 0.717) is 18.3 Å². The quantitative estimate of drug-likeness (QED) is 0.480. The average molecular weight is 418 g/mol. The molecule has 1 aliphatic rings. The molecule has 3 aromatic rings. The lowest BCUT2D eigenvalue weighted by atomic mass is 9.90. The first kappa shape index (κ1) is 21.3. The first-order valence-corrected chi connectivity index (χ1v) is 11.4. The molecule has 2 aromatic carbocycles. The molecule has 0 bridgehead atoms. The summed E-state index contributed by atoms with van der Waals surface area (Å²) in [6.45, 7) is 4.50. The second-order valence-electron chi connectivity index (χ2n) is 8.51. The van der Waals surface area contributed by atoms with Gasteiger partial charge in [0, 0.05) is 11.6 Å². The van der Waals surface area contributed by atoms with E-state index in [4.69, 9.17) is 4.52 Å². The molecule has 0 saturated heterocycles. The summed E-state index contributed by atoms with van der Waals surface area (Å²) >= 11 is 0. The van der Waals surface area contributed by atoms with Gasteiger partial charge in [-0.3, -0.25) is 4.79 Å². The Morgan fingerprint density at radius 3 is 2.45 bits per heavy atom. The van der Waals surface area contributed by atoms with Crippen LogP contribution in [0.3, 0.4) is 0 Å². The lowest BCUT2D eigenvalue weighted by Crippen LogP contribution is -2.43. The van der Waals surface area contributed by atoms with Crippen molar-refractivity contribution in [2.45, 2.75) is 70.9 Å². The molecule has 0 spiro atoms. The second-order valence-corrected chi connectivity index (χ2v) is 8.51. The Bertz CT molecular complexity index is 975. The molecule has 5 heteroatoms. The molecule has 5 nitrogen and oxygen atoms in total. The first-order valence-electron chi connectivity index (χ1n) is 11.4. The molecule has 1 atom stereocenters. The molecule has 0 unspecified atom stereocenters. The Kier molecular flexibility index (Phi) is 6.80. The first-order chi connectivity index (χ1) is 15.2. The number of nitrogens with zero attached hydrogens (tertiary/aromatic N) is 3. The molecule has 162 valence electrons. The minimum Gasteiger partial charge on any atom is -0.337 e. The molecule has 1 heterocycles. The van der Waals surface area contributed by atoms with Gasteiger partial charge in [0.15, 0.2) is 0 Å². The summed E-state index contributed by atoms with van der Waals surface area (Å²) < 4.78 is 5.58. The fraction of sp³-hybridized carbons (Fsp3) is 0.423. The fourth-order valence-corrected chi connectivity index (χ4v) is 4.50. The Morgan fingerprint density at radius 1 is 1.06 bits per heavy atom. The van der Waals surface area contributed by atoms with Crippen molar-refractivity contribution in [3.63, 3.8) is 0 Å². The molecular weight excluding hydrogens is 386 g/mol. The monoisotopic (exact) mass is 417 g/mol. The Labute approximate surface area is 184 Å². The van der Waals surface area contributed by atoms with Crippen LogP contribution < -0.4 is 0 Å². The Balaban J connectivity index is 1.58. The highest BCUT2D eigenvalue weighted by atomic mass is 16.5. The highest BCUT2D eigenvalue weighted by Gasteiger charge is 2.32. The Morgan fingerprint density at radius 2 is 1.77 bits per heavy atom. The topological polar surface area (TPSA) is 59.2 Å². The minimum atomic E-state index is -0.150. The van der Waals surface area contributed by atoms with Gasteiger partial charge in [0.25, 0.3) is 0 Å². The van der Waals surface area contributed by atoms with E-state index in [-0.39, 0.29) is 17.9 Å². The SMILES string of the molecule is CC[C@H](C(=O)N(Cc1nc(-c2ccc(C)cc2)no1)C1CCCCC1)c1ccccc1. The maximum Gasteiger partial charge on any atom is 0.246 e. The number of carbonyl (C=O) groups is 1. The van der Waals surface area contributed by atoms with Crippen LogP contribution in [0.4, 0.5) is 0 Å². The molecule has 0 radical (unpaired) electrons. The summed E-state index contributed by atoms with van der Waals surface area (Å²) in [6.07, 6.45) is 6.41. The molecule has 1 amide bonds. The van der Waals surface area contributed by atoms with Crippen LogP contribution >= 0.6 is 0 Å². The predicted octanol–water partition coefficient (Wildman–Crippen LogP) is 5.90. The van der Waals surface area contributed by atoms with Crippen LogP contribution in [0.15, 0.2) is 59.1 Å². The van der Waals surface area contributed by atoms with E-state index >= 15 is 0 Å². The van der Waals surface area contributed by atoms with Gasteiger partial charge < -0.3 is 9.42 Å². The van der Waals surface area contributed by atoms with Crippen molar-refractivity contribution in [3.8, 4) is 11.4 Å². The summed E-state index contributed by atoms with van der Waals surface area (Å²) in [4.78, 5) is 20.3. The molecule has 1 aromatic heterocycles. The average Bonchev–Trinajstić information content (AvgIpc) is 3.28. The number of carbonyl (C=O) groups excluding carboxylic acids is 1. The number of rotatable bonds is 7. The lowest BCUT2D eigenvalue weighted by Gasteiger charge is -2.35. The highest BCUT2D eigenvalue weighted by molar-refractivity contribution is 5.84. The number of aryl methyl sites for hydroxylation is 1. The van der Waals surface area contributed by atoms with Gasteiger partial charge in [0.1, 0.15) is 6.54 Å². The Hall–Kier alpha value is -2.95. The predicted molar refractivity (Wildman–Crippen MR) is 121 cm³/mol.